The van der Waals surface area contributed by atoms with Crippen molar-refractivity contribution in [3.05, 3.63) is 11.7 Å². The van der Waals surface area contributed by atoms with E-state index in [-0.39, 0.29) is 6.10 Å². The highest BCUT2D eigenvalue weighted by Gasteiger charge is 2.42. The molecule has 0 radical (unpaired) electrons. The van der Waals surface area contributed by atoms with Gasteiger partial charge in [0.2, 0.25) is 5.82 Å². The molecule has 0 spiro atoms. The van der Waals surface area contributed by atoms with Gasteiger partial charge in [-0.1, -0.05) is 5.16 Å². The summed E-state index contributed by atoms with van der Waals surface area (Å²) in [6.07, 6.45) is 6.44. The highest BCUT2D eigenvalue weighted by Crippen LogP contribution is 2.37. The third-order valence-electron chi connectivity index (χ3n) is 5.74. The van der Waals surface area contributed by atoms with Gasteiger partial charge in [0, 0.05) is 39.5 Å². The predicted molar refractivity (Wildman–Crippen MR) is 94.7 cm³/mol. The number of nitrogens with zero attached hydrogens (tertiary/aromatic N) is 3. The molecule has 1 atom stereocenters. The van der Waals surface area contributed by atoms with Crippen molar-refractivity contribution in [1.82, 2.24) is 15.0 Å². The number of aromatic nitrogens is 2. The third-order valence-corrected chi connectivity index (χ3v) is 5.74. The normalized spacial score (nSPS) is 26.4. The Labute approximate surface area is 155 Å². The zero-order valence-corrected chi connectivity index (χ0v) is 15.8. The Morgan fingerprint density at radius 1 is 1.23 bits per heavy atom. The topological polar surface area (TPSA) is 69.9 Å². The van der Waals surface area contributed by atoms with E-state index in [0.29, 0.717) is 18.3 Å². The summed E-state index contributed by atoms with van der Waals surface area (Å²) in [6, 6.07) is 0. The number of ether oxygens (including phenoxy) is 3. The Morgan fingerprint density at radius 2 is 2.08 bits per heavy atom. The summed E-state index contributed by atoms with van der Waals surface area (Å²) in [5.74, 6) is 2.12. The zero-order valence-electron chi connectivity index (χ0n) is 15.8. The minimum absolute atomic E-state index is 0.0186. The van der Waals surface area contributed by atoms with Crippen LogP contribution in [-0.4, -0.2) is 61.1 Å². The molecule has 2 aliphatic heterocycles. The molecule has 1 aromatic heterocycles. The van der Waals surface area contributed by atoms with Crippen LogP contribution < -0.4 is 0 Å². The van der Waals surface area contributed by atoms with Crippen LogP contribution >= 0.6 is 0 Å². The molecule has 146 valence electrons. The minimum atomic E-state index is -0.454. The number of hydrogen-bond donors (Lipinski definition) is 0. The second kappa shape index (κ2) is 8.33. The Bertz CT molecular complexity index is 561. The van der Waals surface area contributed by atoms with Crippen molar-refractivity contribution >= 4 is 0 Å². The largest absolute Gasteiger partial charge is 0.380 e. The first-order chi connectivity index (χ1) is 12.8. The molecule has 0 aromatic carbocycles. The van der Waals surface area contributed by atoms with Crippen LogP contribution in [0.5, 0.6) is 0 Å². The van der Waals surface area contributed by atoms with Gasteiger partial charge in [-0.15, -0.1) is 0 Å². The first-order valence-electron chi connectivity index (χ1n) is 10.2. The van der Waals surface area contributed by atoms with Gasteiger partial charge in [0.05, 0.1) is 6.61 Å². The molecule has 4 rings (SSSR count). The van der Waals surface area contributed by atoms with Crippen molar-refractivity contribution in [1.29, 1.82) is 0 Å². The fourth-order valence-electron chi connectivity index (χ4n) is 3.89. The summed E-state index contributed by atoms with van der Waals surface area (Å²) in [7, 11) is 0. The van der Waals surface area contributed by atoms with Crippen LogP contribution in [0, 0.1) is 5.92 Å². The molecule has 0 amide bonds. The van der Waals surface area contributed by atoms with E-state index in [2.05, 4.69) is 15.0 Å². The lowest BCUT2D eigenvalue weighted by molar-refractivity contribution is -0.105. The summed E-state index contributed by atoms with van der Waals surface area (Å²) in [5, 5.41) is 4.18. The van der Waals surface area contributed by atoms with Gasteiger partial charge >= 0.3 is 0 Å². The predicted octanol–water partition coefficient (Wildman–Crippen LogP) is 2.68. The molecule has 1 saturated carbocycles. The molecular weight excluding hydrogens is 334 g/mol. The number of piperidine rings is 1. The summed E-state index contributed by atoms with van der Waals surface area (Å²) >= 11 is 0. The van der Waals surface area contributed by atoms with Gasteiger partial charge in [-0.25, -0.2) is 0 Å². The van der Waals surface area contributed by atoms with Gasteiger partial charge in [0.1, 0.15) is 11.7 Å². The van der Waals surface area contributed by atoms with Crippen molar-refractivity contribution in [2.75, 3.05) is 46.1 Å². The summed E-state index contributed by atoms with van der Waals surface area (Å²) in [6.45, 7) is 8.11. The molecule has 1 aromatic rings. The van der Waals surface area contributed by atoms with Crippen LogP contribution in [0.4, 0.5) is 0 Å². The fourth-order valence-corrected chi connectivity index (χ4v) is 3.89. The SMILES string of the molecule is CCOC1(c2nc([C@H]3CCCO3)no2)CCN(CCOCC2CC2)CC1. The Kier molecular flexibility index (Phi) is 5.88. The minimum Gasteiger partial charge on any atom is -0.380 e. The maximum Gasteiger partial charge on any atom is 0.259 e. The highest BCUT2D eigenvalue weighted by molar-refractivity contribution is 5.04. The van der Waals surface area contributed by atoms with Gasteiger partial charge < -0.3 is 23.6 Å². The van der Waals surface area contributed by atoms with Gasteiger partial charge in [-0.2, -0.15) is 4.98 Å². The van der Waals surface area contributed by atoms with Crippen LogP contribution in [0.2, 0.25) is 0 Å². The molecule has 2 saturated heterocycles. The van der Waals surface area contributed by atoms with Crippen LogP contribution in [0.3, 0.4) is 0 Å². The average Bonchev–Trinajstić information content (AvgIpc) is 3.13. The Hall–Kier alpha value is -1.02. The van der Waals surface area contributed by atoms with E-state index in [1.165, 1.54) is 12.8 Å². The van der Waals surface area contributed by atoms with Crippen LogP contribution in [0.1, 0.15) is 63.3 Å². The number of rotatable bonds is 9. The molecule has 0 unspecified atom stereocenters. The van der Waals surface area contributed by atoms with Crippen LogP contribution in [-0.2, 0) is 19.8 Å². The maximum atomic E-state index is 6.15. The average molecular weight is 365 g/mol. The van der Waals surface area contributed by atoms with E-state index in [9.17, 15) is 0 Å². The van der Waals surface area contributed by atoms with Crippen molar-refractivity contribution < 1.29 is 18.7 Å². The Balaban J connectivity index is 1.32. The quantitative estimate of drug-likeness (QED) is 0.623. The number of hydrogen-bond acceptors (Lipinski definition) is 7. The third kappa shape index (κ3) is 4.27. The first kappa shape index (κ1) is 18.3. The van der Waals surface area contributed by atoms with Crippen molar-refractivity contribution in [2.45, 2.75) is 57.2 Å². The number of likely N-dealkylation sites (tertiary alicyclic amines) is 1. The summed E-state index contributed by atoms with van der Waals surface area (Å²) < 4.78 is 23.2. The molecule has 26 heavy (non-hydrogen) atoms. The molecular formula is C19H31N3O4. The molecule has 0 bridgehead atoms. The molecule has 3 aliphatic rings. The molecule has 7 heteroatoms. The van der Waals surface area contributed by atoms with Gasteiger partial charge in [-0.3, -0.25) is 0 Å². The van der Waals surface area contributed by atoms with E-state index >= 15 is 0 Å². The van der Waals surface area contributed by atoms with E-state index in [1.54, 1.807) is 0 Å². The van der Waals surface area contributed by atoms with E-state index in [0.717, 1.165) is 71.1 Å². The smallest absolute Gasteiger partial charge is 0.259 e. The van der Waals surface area contributed by atoms with Gasteiger partial charge in [0.15, 0.2) is 0 Å². The molecule has 7 nitrogen and oxygen atoms in total. The lowest BCUT2D eigenvalue weighted by Gasteiger charge is -2.38. The van der Waals surface area contributed by atoms with Crippen molar-refractivity contribution in [3.8, 4) is 0 Å². The van der Waals surface area contributed by atoms with E-state index < -0.39 is 5.60 Å². The van der Waals surface area contributed by atoms with E-state index in [4.69, 9.17) is 18.7 Å². The monoisotopic (exact) mass is 365 g/mol. The molecule has 3 fully saturated rings. The second-order valence-corrected chi connectivity index (χ2v) is 7.75. The summed E-state index contributed by atoms with van der Waals surface area (Å²) in [4.78, 5) is 7.11. The summed E-state index contributed by atoms with van der Waals surface area (Å²) in [5.41, 5.74) is -0.454. The Morgan fingerprint density at radius 3 is 2.77 bits per heavy atom. The highest BCUT2D eigenvalue weighted by atomic mass is 16.5. The van der Waals surface area contributed by atoms with Crippen molar-refractivity contribution in [2.24, 2.45) is 5.92 Å². The zero-order chi connectivity index (χ0) is 17.8. The fraction of sp³-hybridized carbons (Fsp3) is 0.895. The molecule has 1 aliphatic carbocycles. The maximum absolute atomic E-state index is 6.15. The van der Waals surface area contributed by atoms with Gasteiger partial charge in [0.25, 0.3) is 5.89 Å². The van der Waals surface area contributed by atoms with Gasteiger partial charge in [-0.05, 0) is 51.4 Å². The van der Waals surface area contributed by atoms with E-state index in [1.807, 2.05) is 6.92 Å². The molecule has 0 N–H and O–H groups in total. The lowest BCUT2D eigenvalue weighted by atomic mass is 9.90. The second-order valence-electron chi connectivity index (χ2n) is 7.75. The standard InChI is InChI=1S/C19H31N3O4/c1-2-25-19(18-20-17(21-26-18)16-4-3-12-24-16)7-9-22(10-8-19)11-13-23-14-15-5-6-15/h15-16H,2-14H2,1H3/t16-/m1/s1. The van der Waals surface area contributed by atoms with Crippen LogP contribution in [0.15, 0.2) is 4.52 Å². The van der Waals surface area contributed by atoms with Crippen LogP contribution in [0.25, 0.3) is 0 Å². The van der Waals surface area contributed by atoms with Crippen molar-refractivity contribution in [3.63, 3.8) is 0 Å². The lowest BCUT2D eigenvalue weighted by Crippen LogP contribution is -2.45. The first-order valence-corrected chi connectivity index (χ1v) is 10.2. The molecule has 3 heterocycles.